The smallest absolute Gasteiger partial charge is 0.417 e. The summed E-state index contributed by atoms with van der Waals surface area (Å²) < 4.78 is 42.9. The van der Waals surface area contributed by atoms with Crippen LogP contribution in [0, 0.1) is 0 Å². The molecule has 1 heterocycles. The molecule has 2 aromatic rings. The monoisotopic (exact) mass is 335 g/mol. The molecule has 0 spiro atoms. The van der Waals surface area contributed by atoms with Crippen molar-refractivity contribution in [3.05, 3.63) is 51.6 Å². The van der Waals surface area contributed by atoms with E-state index in [9.17, 15) is 13.2 Å². The van der Waals surface area contributed by atoms with Crippen molar-refractivity contribution in [3.8, 4) is 11.6 Å². The van der Waals surface area contributed by atoms with E-state index in [2.05, 4.69) is 4.98 Å². The van der Waals surface area contributed by atoms with Gasteiger partial charge in [0, 0.05) is 6.20 Å². The molecule has 112 valence electrons. The van der Waals surface area contributed by atoms with Crippen molar-refractivity contribution in [1.29, 1.82) is 0 Å². The van der Waals surface area contributed by atoms with Crippen molar-refractivity contribution in [2.24, 2.45) is 0 Å². The molecular formula is C14H10Cl2F3NO. The predicted molar refractivity (Wildman–Crippen MR) is 75.2 cm³/mol. The zero-order valence-corrected chi connectivity index (χ0v) is 12.4. The van der Waals surface area contributed by atoms with E-state index >= 15 is 0 Å². The van der Waals surface area contributed by atoms with E-state index in [1.54, 1.807) is 18.2 Å². The molecule has 0 aliphatic carbocycles. The van der Waals surface area contributed by atoms with Gasteiger partial charge in [-0.1, -0.05) is 36.2 Å². The lowest BCUT2D eigenvalue weighted by atomic mass is 10.2. The number of hydrogen-bond donors (Lipinski definition) is 0. The molecule has 0 aliphatic rings. The molecule has 7 heteroatoms. The summed E-state index contributed by atoms with van der Waals surface area (Å²) in [6.45, 7) is 1.97. The molecule has 0 fully saturated rings. The average molecular weight is 336 g/mol. The van der Waals surface area contributed by atoms with Crippen LogP contribution in [0.4, 0.5) is 13.2 Å². The molecule has 2 nitrogen and oxygen atoms in total. The highest BCUT2D eigenvalue weighted by atomic mass is 35.5. The molecule has 1 aromatic carbocycles. The third-order valence-electron chi connectivity index (χ3n) is 2.75. The Morgan fingerprint density at radius 2 is 1.86 bits per heavy atom. The maximum Gasteiger partial charge on any atom is 0.417 e. The lowest BCUT2D eigenvalue weighted by molar-refractivity contribution is -0.137. The van der Waals surface area contributed by atoms with Crippen LogP contribution in [0.3, 0.4) is 0 Å². The molecule has 0 atom stereocenters. The van der Waals surface area contributed by atoms with Crippen LogP contribution in [0.25, 0.3) is 0 Å². The van der Waals surface area contributed by atoms with Crippen LogP contribution in [0.15, 0.2) is 30.5 Å². The standard InChI is InChI=1S/C14H10Cl2F3NO/c1-2-8-3-4-12(10(15)5-8)21-13-11(16)6-9(7-20-13)14(17,18)19/h3-7H,2H2,1H3. The maximum atomic E-state index is 12.5. The second-order valence-corrected chi connectivity index (χ2v) is 5.04. The van der Waals surface area contributed by atoms with Crippen LogP contribution >= 0.6 is 23.2 Å². The number of hydrogen-bond acceptors (Lipinski definition) is 2. The van der Waals surface area contributed by atoms with Gasteiger partial charge in [0.05, 0.1) is 10.6 Å². The number of pyridine rings is 1. The fourth-order valence-corrected chi connectivity index (χ4v) is 2.05. The first-order valence-electron chi connectivity index (χ1n) is 6.00. The largest absolute Gasteiger partial charge is 0.436 e. The first-order valence-corrected chi connectivity index (χ1v) is 6.76. The number of benzene rings is 1. The van der Waals surface area contributed by atoms with E-state index in [0.29, 0.717) is 11.2 Å². The molecule has 0 N–H and O–H groups in total. The lowest BCUT2D eigenvalue weighted by Gasteiger charge is -2.11. The summed E-state index contributed by atoms with van der Waals surface area (Å²) in [5.41, 5.74) is 0.0751. The second kappa shape index (κ2) is 6.12. The fourth-order valence-electron chi connectivity index (χ4n) is 1.61. The van der Waals surface area contributed by atoms with Gasteiger partial charge in [0.15, 0.2) is 0 Å². The van der Waals surface area contributed by atoms with E-state index in [-0.39, 0.29) is 16.7 Å². The van der Waals surface area contributed by atoms with Crippen molar-refractivity contribution >= 4 is 23.2 Å². The SMILES string of the molecule is CCc1ccc(Oc2ncc(C(F)(F)F)cc2Cl)c(Cl)c1. The summed E-state index contributed by atoms with van der Waals surface area (Å²) >= 11 is 11.8. The summed E-state index contributed by atoms with van der Waals surface area (Å²) in [6, 6.07) is 5.91. The van der Waals surface area contributed by atoms with Gasteiger partial charge in [-0.3, -0.25) is 0 Å². The van der Waals surface area contributed by atoms with Gasteiger partial charge in [-0.15, -0.1) is 0 Å². The Labute approximate surface area is 129 Å². The summed E-state index contributed by atoms with van der Waals surface area (Å²) in [4.78, 5) is 3.59. The highest BCUT2D eigenvalue weighted by molar-refractivity contribution is 6.32. The first-order chi connectivity index (χ1) is 9.81. The number of rotatable bonds is 3. The third-order valence-corrected chi connectivity index (χ3v) is 3.31. The topological polar surface area (TPSA) is 22.1 Å². The molecule has 0 radical (unpaired) electrons. The molecule has 2 rings (SSSR count). The summed E-state index contributed by atoms with van der Waals surface area (Å²) in [6.07, 6.45) is -3.04. The van der Waals surface area contributed by atoms with Crippen LogP contribution < -0.4 is 4.74 Å². The van der Waals surface area contributed by atoms with Gasteiger partial charge in [0.1, 0.15) is 10.8 Å². The minimum atomic E-state index is -4.50. The Bertz CT molecular complexity index is 659. The quantitative estimate of drug-likeness (QED) is 0.711. The van der Waals surface area contributed by atoms with Crippen molar-refractivity contribution in [2.75, 3.05) is 0 Å². The van der Waals surface area contributed by atoms with Gasteiger partial charge in [-0.25, -0.2) is 4.98 Å². The molecule has 0 unspecified atom stereocenters. The Morgan fingerprint density at radius 3 is 2.38 bits per heavy atom. The number of alkyl halides is 3. The van der Waals surface area contributed by atoms with E-state index in [1.807, 2.05) is 6.92 Å². The van der Waals surface area contributed by atoms with Crippen molar-refractivity contribution in [2.45, 2.75) is 19.5 Å². The number of ether oxygens (including phenoxy) is 1. The lowest BCUT2D eigenvalue weighted by Crippen LogP contribution is -2.05. The van der Waals surface area contributed by atoms with Gasteiger partial charge in [0.25, 0.3) is 0 Å². The zero-order chi connectivity index (χ0) is 15.6. The Kier molecular flexibility index (Phi) is 4.64. The normalized spacial score (nSPS) is 11.5. The maximum absolute atomic E-state index is 12.5. The molecule has 21 heavy (non-hydrogen) atoms. The molecule has 1 aromatic heterocycles. The number of nitrogens with zero attached hydrogens (tertiary/aromatic N) is 1. The average Bonchev–Trinajstić information content (AvgIpc) is 2.41. The molecule has 0 aliphatic heterocycles. The second-order valence-electron chi connectivity index (χ2n) is 4.23. The number of aromatic nitrogens is 1. The summed E-state index contributed by atoms with van der Waals surface area (Å²) in [5, 5.41) is 0.104. The summed E-state index contributed by atoms with van der Waals surface area (Å²) in [5.74, 6) is 0.152. The minimum absolute atomic E-state index is 0.129. The van der Waals surface area contributed by atoms with Crippen LogP contribution in [-0.2, 0) is 12.6 Å². The number of aryl methyl sites for hydroxylation is 1. The van der Waals surface area contributed by atoms with Gasteiger partial charge < -0.3 is 4.74 Å². The molecular weight excluding hydrogens is 326 g/mol. The third kappa shape index (κ3) is 3.80. The van der Waals surface area contributed by atoms with Crippen molar-refractivity contribution < 1.29 is 17.9 Å². The number of halogens is 5. The minimum Gasteiger partial charge on any atom is -0.436 e. The van der Waals surface area contributed by atoms with Crippen LogP contribution in [0.5, 0.6) is 11.6 Å². The Morgan fingerprint density at radius 1 is 1.14 bits per heavy atom. The van der Waals surface area contributed by atoms with Gasteiger partial charge in [-0.2, -0.15) is 13.2 Å². The molecule has 0 bridgehead atoms. The van der Waals surface area contributed by atoms with Crippen molar-refractivity contribution in [1.82, 2.24) is 4.98 Å². The Balaban J connectivity index is 2.28. The van der Waals surface area contributed by atoms with Gasteiger partial charge >= 0.3 is 6.18 Å². The van der Waals surface area contributed by atoms with Crippen LogP contribution in [-0.4, -0.2) is 4.98 Å². The van der Waals surface area contributed by atoms with E-state index < -0.39 is 11.7 Å². The van der Waals surface area contributed by atoms with E-state index in [4.69, 9.17) is 27.9 Å². The molecule has 0 amide bonds. The predicted octanol–water partition coefficient (Wildman–Crippen LogP) is 5.76. The zero-order valence-electron chi connectivity index (χ0n) is 10.8. The van der Waals surface area contributed by atoms with Crippen molar-refractivity contribution in [3.63, 3.8) is 0 Å². The highest BCUT2D eigenvalue weighted by Crippen LogP contribution is 2.36. The first kappa shape index (κ1) is 15.9. The molecule has 0 saturated carbocycles. The van der Waals surface area contributed by atoms with Gasteiger partial charge in [0.2, 0.25) is 5.88 Å². The molecule has 0 saturated heterocycles. The van der Waals surface area contributed by atoms with E-state index in [0.717, 1.165) is 18.1 Å². The Hall–Kier alpha value is -1.46. The van der Waals surface area contributed by atoms with Crippen LogP contribution in [0.1, 0.15) is 18.1 Å². The van der Waals surface area contributed by atoms with Crippen LogP contribution in [0.2, 0.25) is 10.0 Å². The fraction of sp³-hybridized carbons (Fsp3) is 0.214. The summed E-state index contributed by atoms with van der Waals surface area (Å²) in [7, 11) is 0. The van der Waals surface area contributed by atoms with E-state index in [1.165, 1.54) is 0 Å². The van der Waals surface area contributed by atoms with Gasteiger partial charge in [-0.05, 0) is 30.2 Å². The highest BCUT2D eigenvalue weighted by Gasteiger charge is 2.31.